The second kappa shape index (κ2) is 12.5. The number of benzene rings is 7. The molecule has 0 spiro atoms. The molecule has 1 unspecified atom stereocenters. The first-order valence-corrected chi connectivity index (χ1v) is 18.6. The summed E-state index contributed by atoms with van der Waals surface area (Å²) in [7, 11) is 0. The number of nitrogens with zero attached hydrogens (tertiary/aromatic N) is 1. The number of nitrogens with two attached hydrogens (primary N) is 1. The standard InChI is InChI=1S/C48H35N3S/c49-48(34-21-19-33(20-22-34)31-11-3-1-4-12-31)38-15-7-9-17-41(38)50-30-51-42-26-23-35(32-13-5-2-6-14-32)29-40(42)46-36-25-28-45-47(37(36)24-27-43(46)51)39-16-8-10-18-44(39)52-45/h1-29,41,50H,30,49H2/b48-38-. The van der Waals surface area contributed by atoms with E-state index in [-0.39, 0.29) is 6.04 Å². The Labute approximate surface area is 306 Å². The second-order valence-electron chi connectivity index (χ2n) is 13.5. The average Bonchev–Trinajstić information content (AvgIpc) is 3.76. The summed E-state index contributed by atoms with van der Waals surface area (Å²) in [6, 6.07) is 54.7. The van der Waals surface area contributed by atoms with Crippen molar-refractivity contribution in [1.29, 1.82) is 0 Å². The van der Waals surface area contributed by atoms with Gasteiger partial charge in [-0.05, 0) is 74.5 Å². The summed E-state index contributed by atoms with van der Waals surface area (Å²) in [5, 5.41) is 11.7. The van der Waals surface area contributed by atoms with Crippen molar-refractivity contribution in [2.75, 3.05) is 0 Å². The van der Waals surface area contributed by atoms with Crippen LogP contribution in [-0.4, -0.2) is 10.6 Å². The maximum absolute atomic E-state index is 6.94. The third-order valence-electron chi connectivity index (χ3n) is 10.6. The third-order valence-corrected chi connectivity index (χ3v) is 11.7. The van der Waals surface area contributed by atoms with Gasteiger partial charge in [-0.25, -0.2) is 0 Å². The van der Waals surface area contributed by atoms with E-state index in [1.165, 1.54) is 75.0 Å². The van der Waals surface area contributed by atoms with E-state index in [1.807, 2.05) is 17.4 Å². The van der Waals surface area contributed by atoms with Crippen molar-refractivity contribution in [2.24, 2.45) is 5.73 Å². The molecule has 2 aromatic heterocycles. The van der Waals surface area contributed by atoms with E-state index in [9.17, 15) is 0 Å². The Morgan fingerprint density at radius 2 is 1.21 bits per heavy atom. The van der Waals surface area contributed by atoms with Crippen LogP contribution >= 0.6 is 11.3 Å². The summed E-state index contributed by atoms with van der Waals surface area (Å²) >= 11 is 1.87. The maximum atomic E-state index is 6.94. The molecule has 4 heteroatoms. The van der Waals surface area contributed by atoms with E-state index in [0.29, 0.717) is 6.67 Å². The average molecular weight is 686 g/mol. The van der Waals surface area contributed by atoms with E-state index in [4.69, 9.17) is 5.73 Å². The number of hydrogen-bond acceptors (Lipinski definition) is 3. The Morgan fingerprint density at radius 1 is 0.558 bits per heavy atom. The van der Waals surface area contributed by atoms with E-state index in [0.717, 1.165) is 16.8 Å². The fourth-order valence-electron chi connectivity index (χ4n) is 8.01. The van der Waals surface area contributed by atoms with Crippen molar-refractivity contribution in [3.8, 4) is 22.3 Å². The summed E-state index contributed by atoms with van der Waals surface area (Å²) in [6.45, 7) is 0.617. The van der Waals surface area contributed by atoms with Crippen molar-refractivity contribution < 1.29 is 0 Å². The lowest BCUT2D eigenvalue weighted by atomic mass is 9.95. The van der Waals surface area contributed by atoms with Crippen LogP contribution < -0.4 is 11.1 Å². The highest BCUT2D eigenvalue weighted by molar-refractivity contribution is 7.26. The number of aromatic nitrogens is 1. The molecule has 0 saturated carbocycles. The zero-order chi connectivity index (χ0) is 34.6. The molecule has 1 atom stereocenters. The highest BCUT2D eigenvalue weighted by Gasteiger charge is 2.20. The van der Waals surface area contributed by atoms with E-state index < -0.39 is 0 Å². The first-order valence-electron chi connectivity index (χ1n) is 17.8. The van der Waals surface area contributed by atoms with Gasteiger partial charge in [0.25, 0.3) is 0 Å². The van der Waals surface area contributed by atoms with Gasteiger partial charge in [-0.2, -0.15) is 0 Å². The minimum absolute atomic E-state index is 0.0489. The van der Waals surface area contributed by atoms with Gasteiger partial charge in [0.2, 0.25) is 0 Å². The number of fused-ring (bicyclic) bond motifs is 9. The molecule has 1 aliphatic carbocycles. The molecule has 1 aliphatic rings. The van der Waals surface area contributed by atoms with Crippen LogP contribution in [0.1, 0.15) is 5.56 Å². The molecule has 2 heterocycles. The Morgan fingerprint density at radius 3 is 2.02 bits per heavy atom. The predicted octanol–water partition coefficient (Wildman–Crippen LogP) is 12.1. The molecular formula is C48H35N3S. The van der Waals surface area contributed by atoms with Crippen LogP contribution in [0.3, 0.4) is 0 Å². The molecule has 7 aromatic carbocycles. The van der Waals surface area contributed by atoms with Crippen LogP contribution in [0.4, 0.5) is 0 Å². The van der Waals surface area contributed by atoms with E-state index in [2.05, 4.69) is 180 Å². The smallest absolute Gasteiger partial charge is 0.0739 e. The Bertz CT molecular complexity index is 2890. The van der Waals surface area contributed by atoms with Crippen LogP contribution in [0.2, 0.25) is 0 Å². The SMILES string of the molecule is N/C(=C1/C=CC=CC1NCn1c2ccc(-c3ccccc3)cc2c2c3ccc4sc5ccccc5c4c3ccc21)c1ccc(-c2ccccc2)cc1. The minimum Gasteiger partial charge on any atom is -0.398 e. The van der Waals surface area contributed by atoms with Crippen LogP contribution in [0.25, 0.3) is 80.7 Å². The number of thiophene rings is 1. The van der Waals surface area contributed by atoms with Crippen LogP contribution in [-0.2, 0) is 6.67 Å². The molecule has 0 aliphatic heterocycles. The van der Waals surface area contributed by atoms with Crippen LogP contribution in [0, 0.1) is 0 Å². The van der Waals surface area contributed by atoms with Crippen molar-refractivity contribution in [2.45, 2.75) is 12.7 Å². The lowest BCUT2D eigenvalue weighted by Crippen LogP contribution is -2.32. The largest absolute Gasteiger partial charge is 0.398 e. The monoisotopic (exact) mass is 685 g/mol. The Hall–Kier alpha value is -6.20. The van der Waals surface area contributed by atoms with Crippen molar-refractivity contribution >= 4 is 69.8 Å². The molecule has 0 amide bonds. The van der Waals surface area contributed by atoms with Gasteiger partial charge in [-0.15, -0.1) is 11.3 Å². The highest BCUT2D eigenvalue weighted by Crippen LogP contribution is 2.43. The molecule has 0 radical (unpaired) electrons. The quantitative estimate of drug-likeness (QED) is 0.183. The van der Waals surface area contributed by atoms with Gasteiger partial charge in [0.1, 0.15) is 0 Å². The molecule has 52 heavy (non-hydrogen) atoms. The summed E-state index contributed by atoms with van der Waals surface area (Å²) in [6.07, 6.45) is 8.52. The molecule has 248 valence electrons. The summed E-state index contributed by atoms with van der Waals surface area (Å²) < 4.78 is 5.09. The fourth-order valence-corrected chi connectivity index (χ4v) is 9.14. The maximum Gasteiger partial charge on any atom is 0.0739 e. The molecule has 0 bridgehead atoms. The van der Waals surface area contributed by atoms with Crippen molar-refractivity contribution in [1.82, 2.24) is 9.88 Å². The first kappa shape index (κ1) is 30.6. The highest BCUT2D eigenvalue weighted by atomic mass is 32.1. The zero-order valence-electron chi connectivity index (χ0n) is 28.5. The Kier molecular flexibility index (Phi) is 7.38. The van der Waals surface area contributed by atoms with E-state index >= 15 is 0 Å². The van der Waals surface area contributed by atoms with Gasteiger partial charge in [0.15, 0.2) is 0 Å². The number of allylic oxidation sites excluding steroid dienone is 2. The summed E-state index contributed by atoms with van der Waals surface area (Å²) in [5.74, 6) is 0. The minimum atomic E-state index is -0.0489. The van der Waals surface area contributed by atoms with Crippen molar-refractivity contribution in [3.05, 3.63) is 187 Å². The molecule has 0 fully saturated rings. The van der Waals surface area contributed by atoms with Crippen LogP contribution in [0.15, 0.2) is 182 Å². The predicted molar refractivity (Wildman–Crippen MR) is 223 cm³/mol. The normalized spacial score (nSPS) is 15.4. The number of nitrogens with one attached hydrogen (secondary N) is 1. The fraction of sp³-hybridized carbons (Fsp3) is 0.0417. The lowest BCUT2D eigenvalue weighted by Gasteiger charge is -2.22. The van der Waals surface area contributed by atoms with Gasteiger partial charge >= 0.3 is 0 Å². The topological polar surface area (TPSA) is 43.0 Å². The third kappa shape index (κ3) is 5.07. The first-order chi connectivity index (χ1) is 25.7. The number of hydrogen-bond donors (Lipinski definition) is 2. The molecule has 3 N–H and O–H groups in total. The lowest BCUT2D eigenvalue weighted by molar-refractivity contribution is 0.562. The van der Waals surface area contributed by atoms with Gasteiger partial charge in [0, 0.05) is 36.6 Å². The Balaban J connectivity index is 1.08. The van der Waals surface area contributed by atoms with Crippen molar-refractivity contribution in [3.63, 3.8) is 0 Å². The second-order valence-corrected chi connectivity index (χ2v) is 14.6. The van der Waals surface area contributed by atoms with Crippen LogP contribution in [0.5, 0.6) is 0 Å². The molecule has 9 aromatic rings. The molecule has 10 rings (SSSR count). The van der Waals surface area contributed by atoms with Gasteiger partial charge in [0.05, 0.1) is 23.7 Å². The van der Waals surface area contributed by atoms with Gasteiger partial charge in [-0.3, -0.25) is 5.32 Å². The molecule has 3 nitrogen and oxygen atoms in total. The summed E-state index contributed by atoms with van der Waals surface area (Å²) in [5.41, 5.74) is 17.0. The van der Waals surface area contributed by atoms with Gasteiger partial charge in [-0.1, -0.05) is 146 Å². The number of rotatable bonds is 6. The molecular weight excluding hydrogens is 651 g/mol. The van der Waals surface area contributed by atoms with E-state index in [1.54, 1.807) is 0 Å². The zero-order valence-corrected chi connectivity index (χ0v) is 29.3. The summed E-state index contributed by atoms with van der Waals surface area (Å²) in [4.78, 5) is 0. The van der Waals surface area contributed by atoms with Gasteiger partial charge < -0.3 is 10.3 Å². The molecule has 0 saturated heterocycles.